The second kappa shape index (κ2) is 12.2. The van der Waals surface area contributed by atoms with Crippen molar-refractivity contribution in [2.75, 3.05) is 18.1 Å². The van der Waals surface area contributed by atoms with Gasteiger partial charge in [-0.3, -0.25) is 23.5 Å². The van der Waals surface area contributed by atoms with Crippen molar-refractivity contribution in [3.63, 3.8) is 0 Å². The molecule has 3 amide bonds. The van der Waals surface area contributed by atoms with Crippen LogP contribution in [-0.2, 0) is 34.6 Å². The summed E-state index contributed by atoms with van der Waals surface area (Å²) in [6.45, 7) is 9.79. The number of likely N-dealkylation sites (tertiary alicyclic amines) is 1. The van der Waals surface area contributed by atoms with Crippen LogP contribution in [0, 0.1) is 11.8 Å². The summed E-state index contributed by atoms with van der Waals surface area (Å²) < 4.78 is 63.4. The van der Waals surface area contributed by atoms with Gasteiger partial charge in [-0.25, -0.2) is 0 Å². The van der Waals surface area contributed by atoms with E-state index in [0.29, 0.717) is 38.6 Å². The molecule has 1 fully saturated rings. The first-order valence-electron chi connectivity index (χ1n) is 12.0. The van der Waals surface area contributed by atoms with E-state index in [9.17, 15) is 35.8 Å². The summed E-state index contributed by atoms with van der Waals surface area (Å²) >= 11 is 0. The standard InChI is InChI=1S/C22H41N3O9S2/c1-7-16(20(28)24-22(5,6)14-36(32,33)34)17(25-12-8-9-18(25)26)11-10-15(2)19(27)23-21(3,4)13-35(29,30)31/h15-17H,7-14H2,1-6H3,(H,23,27)(H,24,28)(H,29,30,31)(H,32,33,34). The molecule has 36 heavy (non-hydrogen) atoms. The van der Waals surface area contributed by atoms with E-state index in [1.165, 1.54) is 27.7 Å². The monoisotopic (exact) mass is 555 g/mol. The van der Waals surface area contributed by atoms with E-state index in [0.717, 1.165) is 0 Å². The van der Waals surface area contributed by atoms with Crippen molar-refractivity contribution in [3.05, 3.63) is 0 Å². The number of nitrogens with one attached hydrogen (secondary N) is 2. The van der Waals surface area contributed by atoms with Gasteiger partial charge in [-0.2, -0.15) is 16.8 Å². The summed E-state index contributed by atoms with van der Waals surface area (Å²) in [6.07, 6.45) is 1.94. The Bertz CT molecular complexity index is 1020. The molecule has 1 saturated heterocycles. The number of nitrogens with zero attached hydrogens (tertiary/aromatic N) is 1. The van der Waals surface area contributed by atoms with Gasteiger partial charge in [0, 0.05) is 24.9 Å². The van der Waals surface area contributed by atoms with Gasteiger partial charge in [0.25, 0.3) is 20.2 Å². The zero-order chi connectivity index (χ0) is 28.1. The molecule has 1 aliphatic rings. The summed E-state index contributed by atoms with van der Waals surface area (Å²) in [5, 5.41) is 5.28. The normalized spacial score (nSPS) is 18.0. The van der Waals surface area contributed by atoms with Crippen LogP contribution in [0.5, 0.6) is 0 Å². The number of hydrogen-bond donors (Lipinski definition) is 4. The van der Waals surface area contributed by atoms with E-state index < -0.39 is 72.5 Å². The number of amides is 3. The second-order valence-corrected chi connectivity index (χ2v) is 13.9. The van der Waals surface area contributed by atoms with Crippen molar-refractivity contribution >= 4 is 38.0 Å². The predicted octanol–water partition coefficient (Wildman–Crippen LogP) is 0.985. The van der Waals surface area contributed by atoms with Crippen LogP contribution in [0.15, 0.2) is 0 Å². The molecule has 0 bridgehead atoms. The Morgan fingerprint density at radius 2 is 1.42 bits per heavy atom. The lowest BCUT2D eigenvalue weighted by Gasteiger charge is -2.36. The third kappa shape index (κ3) is 11.1. The number of rotatable bonds is 14. The summed E-state index contributed by atoms with van der Waals surface area (Å²) in [6, 6.07) is -0.535. The van der Waals surface area contributed by atoms with Gasteiger partial charge in [-0.05, 0) is 53.4 Å². The van der Waals surface area contributed by atoms with E-state index in [1.54, 1.807) is 18.7 Å². The summed E-state index contributed by atoms with van der Waals surface area (Å²) in [4.78, 5) is 40.1. The van der Waals surface area contributed by atoms with Crippen molar-refractivity contribution in [3.8, 4) is 0 Å². The highest BCUT2D eigenvalue weighted by molar-refractivity contribution is 7.86. The predicted molar refractivity (Wildman–Crippen MR) is 134 cm³/mol. The average Bonchev–Trinajstić information content (AvgIpc) is 3.05. The molecule has 3 atom stereocenters. The maximum absolute atomic E-state index is 13.2. The first-order valence-corrected chi connectivity index (χ1v) is 15.2. The fraction of sp³-hybridized carbons (Fsp3) is 0.864. The van der Waals surface area contributed by atoms with E-state index in [2.05, 4.69) is 10.6 Å². The van der Waals surface area contributed by atoms with Crippen LogP contribution in [0.2, 0.25) is 0 Å². The van der Waals surface area contributed by atoms with E-state index >= 15 is 0 Å². The lowest BCUT2D eigenvalue weighted by atomic mass is 9.87. The van der Waals surface area contributed by atoms with E-state index in [4.69, 9.17) is 4.55 Å². The molecule has 0 aromatic rings. The Balaban J connectivity index is 3.02. The third-order valence-corrected chi connectivity index (χ3v) is 8.28. The molecule has 1 aliphatic heterocycles. The lowest BCUT2D eigenvalue weighted by Crippen LogP contribution is -2.54. The summed E-state index contributed by atoms with van der Waals surface area (Å²) in [7, 11) is -8.64. The average molecular weight is 556 g/mol. The fourth-order valence-electron chi connectivity index (χ4n) is 4.65. The van der Waals surface area contributed by atoms with Gasteiger partial charge in [0.15, 0.2) is 0 Å². The Hall–Kier alpha value is -1.77. The Morgan fingerprint density at radius 1 is 0.944 bits per heavy atom. The summed E-state index contributed by atoms with van der Waals surface area (Å²) in [5.41, 5.74) is -2.45. The molecule has 0 saturated carbocycles. The largest absolute Gasteiger partial charge is 0.350 e. The van der Waals surface area contributed by atoms with Crippen LogP contribution in [0.1, 0.15) is 73.6 Å². The fourth-order valence-corrected chi connectivity index (χ4v) is 6.61. The molecule has 0 spiro atoms. The van der Waals surface area contributed by atoms with Gasteiger partial charge in [-0.15, -0.1) is 0 Å². The minimum Gasteiger partial charge on any atom is -0.350 e. The van der Waals surface area contributed by atoms with Gasteiger partial charge >= 0.3 is 0 Å². The molecule has 3 unspecified atom stereocenters. The molecule has 0 aliphatic carbocycles. The highest BCUT2D eigenvalue weighted by Gasteiger charge is 2.39. The maximum atomic E-state index is 13.2. The van der Waals surface area contributed by atoms with Crippen molar-refractivity contribution in [1.29, 1.82) is 0 Å². The van der Waals surface area contributed by atoms with Gasteiger partial charge in [-0.1, -0.05) is 13.8 Å². The summed E-state index contributed by atoms with van der Waals surface area (Å²) in [5.74, 6) is -3.58. The van der Waals surface area contributed by atoms with Crippen molar-refractivity contribution in [2.45, 2.75) is 90.8 Å². The lowest BCUT2D eigenvalue weighted by molar-refractivity contribution is -0.135. The van der Waals surface area contributed by atoms with Crippen LogP contribution in [0.25, 0.3) is 0 Å². The molecule has 4 N–H and O–H groups in total. The molecule has 0 aromatic carbocycles. The smallest absolute Gasteiger partial charge is 0.267 e. The zero-order valence-corrected chi connectivity index (χ0v) is 23.5. The second-order valence-electron chi connectivity index (χ2n) is 10.9. The minimum absolute atomic E-state index is 0.102. The van der Waals surface area contributed by atoms with E-state index in [1.807, 2.05) is 0 Å². The van der Waals surface area contributed by atoms with Crippen LogP contribution >= 0.6 is 0 Å². The van der Waals surface area contributed by atoms with Gasteiger partial charge < -0.3 is 15.5 Å². The SMILES string of the molecule is CCC(C(=O)NC(C)(C)CS(=O)(=O)O)C(CCC(C)C(=O)NC(C)(C)CS(=O)(=O)O)N1CCCC1=O. The Kier molecular flexibility index (Phi) is 10.9. The number of hydrogen-bond acceptors (Lipinski definition) is 7. The molecular formula is C22H41N3O9S2. The maximum Gasteiger partial charge on any atom is 0.267 e. The topological polar surface area (TPSA) is 187 Å². The zero-order valence-electron chi connectivity index (χ0n) is 21.9. The molecule has 210 valence electrons. The number of carbonyl (C=O) groups excluding carboxylic acids is 3. The Labute approximate surface area is 214 Å². The van der Waals surface area contributed by atoms with Gasteiger partial charge in [0.2, 0.25) is 17.7 Å². The molecular weight excluding hydrogens is 514 g/mol. The quantitative estimate of drug-likeness (QED) is 0.227. The number of carbonyl (C=O) groups is 3. The van der Waals surface area contributed by atoms with Crippen molar-refractivity contribution < 1.29 is 40.3 Å². The first-order chi connectivity index (χ1) is 16.2. The minimum atomic E-state index is -4.34. The Morgan fingerprint density at radius 3 is 1.81 bits per heavy atom. The molecule has 1 heterocycles. The van der Waals surface area contributed by atoms with Crippen molar-refractivity contribution in [2.24, 2.45) is 11.8 Å². The molecule has 0 aromatic heterocycles. The van der Waals surface area contributed by atoms with Gasteiger partial charge in [0.1, 0.15) is 0 Å². The van der Waals surface area contributed by atoms with Gasteiger partial charge in [0.05, 0.1) is 28.5 Å². The van der Waals surface area contributed by atoms with Crippen LogP contribution in [0.4, 0.5) is 0 Å². The highest BCUT2D eigenvalue weighted by atomic mass is 32.2. The van der Waals surface area contributed by atoms with E-state index in [-0.39, 0.29) is 5.91 Å². The molecule has 12 nitrogen and oxygen atoms in total. The third-order valence-electron chi connectivity index (χ3n) is 6.10. The van der Waals surface area contributed by atoms with Crippen LogP contribution < -0.4 is 10.6 Å². The highest BCUT2D eigenvalue weighted by Crippen LogP contribution is 2.27. The molecule has 14 heteroatoms. The van der Waals surface area contributed by atoms with Crippen LogP contribution in [0.3, 0.4) is 0 Å². The van der Waals surface area contributed by atoms with Crippen LogP contribution in [-0.4, -0.2) is 83.7 Å². The van der Waals surface area contributed by atoms with Crippen molar-refractivity contribution in [1.82, 2.24) is 15.5 Å². The first kappa shape index (κ1) is 32.3. The molecule has 0 radical (unpaired) electrons. The molecule has 1 rings (SSSR count).